The van der Waals surface area contributed by atoms with Crippen LogP contribution in [0.25, 0.3) is 0 Å². The van der Waals surface area contributed by atoms with Gasteiger partial charge in [0.15, 0.2) is 0 Å². The lowest BCUT2D eigenvalue weighted by Crippen LogP contribution is -2.06. The van der Waals surface area contributed by atoms with E-state index in [0.29, 0.717) is 18.8 Å². The van der Waals surface area contributed by atoms with Crippen LogP contribution in [0.1, 0.15) is 45.1 Å². The van der Waals surface area contributed by atoms with Gasteiger partial charge in [-0.1, -0.05) is 6.07 Å². The van der Waals surface area contributed by atoms with Crippen LogP contribution in [-0.2, 0) is 6.42 Å². The molecule has 5 nitrogen and oxygen atoms in total. The SMILES string of the molecule is CCOc1ccc(Cc2c(C)c(OC)c(C)c(C)c2OC)cc1C(=O)O. The topological polar surface area (TPSA) is 65.0 Å². The predicted octanol–water partition coefficient (Wildman–Crippen LogP) is 4.32. The Labute approximate surface area is 154 Å². The Hall–Kier alpha value is -2.69. The number of carboxylic acids is 1. The molecule has 0 heterocycles. The van der Waals surface area contributed by atoms with Crippen LogP contribution in [0.2, 0.25) is 0 Å². The van der Waals surface area contributed by atoms with E-state index >= 15 is 0 Å². The number of carbonyl (C=O) groups is 1. The van der Waals surface area contributed by atoms with Gasteiger partial charge in [-0.25, -0.2) is 4.79 Å². The van der Waals surface area contributed by atoms with Crippen LogP contribution < -0.4 is 14.2 Å². The van der Waals surface area contributed by atoms with E-state index in [2.05, 4.69) is 0 Å². The van der Waals surface area contributed by atoms with E-state index < -0.39 is 5.97 Å². The second-order valence-electron chi connectivity index (χ2n) is 6.17. The Morgan fingerprint density at radius 2 is 1.62 bits per heavy atom. The fraction of sp³-hybridized carbons (Fsp3) is 0.381. The fourth-order valence-electron chi connectivity index (χ4n) is 3.29. The molecule has 0 aliphatic rings. The number of aromatic carboxylic acids is 1. The van der Waals surface area contributed by atoms with Crippen LogP contribution in [-0.4, -0.2) is 31.9 Å². The van der Waals surface area contributed by atoms with Crippen LogP contribution in [0.3, 0.4) is 0 Å². The Balaban J connectivity index is 2.56. The van der Waals surface area contributed by atoms with E-state index in [4.69, 9.17) is 14.2 Å². The third-order valence-corrected chi connectivity index (χ3v) is 4.67. The van der Waals surface area contributed by atoms with Gasteiger partial charge in [0.05, 0.1) is 20.8 Å². The molecule has 0 atom stereocenters. The van der Waals surface area contributed by atoms with Crippen molar-refractivity contribution in [2.45, 2.75) is 34.1 Å². The van der Waals surface area contributed by atoms with Crippen molar-refractivity contribution < 1.29 is 24.1 Å². The van der Waals surface area contributed by atoms with Crippen LogP contribution >= 0.6 is 0 Å². The van der Waals surface area contributed by atoms with Gasteiger partial charge >= 0.3 is 5.97 Å². The van der Waals surface area contributed by atoms with Gasteiger partial charge in [-0.3, -0.25) is 0 Å². The number of hydrogen-bond acceptors (Lipinski definition) is 4. The first-order valence-corrected chi connectivity index (χ1v) is 8.55. The number of benzene rings is 2. The standard InChI is InChI=1S/C21H26O5/c1-7-26-18-9-8-15(11-17(18)21(22)23)10-16-14(4)19(24-5)12(2)13(3)20(16)25-6/h8-9,11H,7,10H2,1-6H3,(H,22,23). The molecule has 0 radical (unpaired) electrons. The quantitative estimate of drug-likeness (QED) is 0.799. The summed E-state index contributed by atoms with van der Waals surface area (Å²) in [6.07, 6.45) is 0.541. The molecule has 26 heavy (non-hydrogen) atoms. The van der Waals surface area contributed by atoms with E-state index in [1.165, 1.54) is 0 Å². The van der Waals surface area contributed by atoms with Gasteiger partial charge in [0.25, 0.3) is 0 Å². The molecule has 2 aromatic rings. The first kappa shape index (κ1) is 19.6. The average molecular weight is 358 g/mol. The molecule has 0 aliphatic carbocycles. The van der Waals surface area contributed by atoms with E-state index in [-0.39, 0.29) is 5.56 Å². The summed E-state index contributed by atoms with van der Waals surface area (Å²) >= 11 is 0. The summed E-state index contributed by atoms with van der Waals surface area (Å²) in [5.41, 5.74) is 5.10. The van der Waals surface area contributed by atoms with E-state index in [0.717, 1.165) is 39.3 Å². The summed E-state index contributed by atoms with van der Waals surface area (Å²) in [5.74, 6) is 1.02. The van der Waals surface area contributed by atoms with Crippen LogP contribution in [0.4, 0.5) is 0 Å². The molecule has 2 rings (SSSR count). The van der Waals surface area contributed by atoms with Gasteiger partial charge in [-0.2, -0.15) is 0 Å². The number of ether oxygens (including phenoxy) is 3. The molecule has 0 bridgehead atoms. The molecular weight excluding hydrogens is 332 g/mol. The van der Waals surface area contributed by atoms with Crippen LogP contribution in [0, 0.1) is 20.8 Å². The number of carboxylic acid groups (broad SMARTS) is 1. The van der Waals surface area contributed by atoms with Gasteiger partial charge in [0.2, 0.25) is 0 Å². The largest absolute Gasteiger partial charge is 0.496 e. The average Bonchev–Trinajstić information content (AvgIpc) is 2.61. The Kier molecular flexibility index (Phi) is 6.14. The maximum absolute atomic E-state index is 11.6. The molecule has 0 saturated heterocycles. The minimum absolute atomic E-state index is 0.164. The molecule has 2 aromatic carbocycles. The second kappa shape index (κ2) is 8.13. The van der Waals surface area contributed by atoms with Crippen molar-refractivity contribution in [3.8, 4) is 17.2 Å². The van der Waals surface area contributed by atoms with Crippen molar-refractivity contribution in [2.75, 3.05) is 20.8 Å². The normalized spacial score (nSPS) is 10.5. The van der Waals surface area contributed by atoms with Crippen molar-refractivity contribution >= 4 is 5.97 Å². The molecule has 5 heteroatoms. The van der Waals surface area contributed by atoms with E-state index in [1.54, 1.807) is 26.4 Å². The van der Waals surface area contributed by atoms with Gasteiger partial charge in [0.1, 0.15) is 22.8 Å². The third-order valence-electron chi connectivity index (χ3n) is 4.67. The Bertz CT molecular complexity index is 824. The van der Waals surface area contributed by atoms with E-state index in [9.17, 15) is 9.90 Å². The summed E-state index contributed by atoms with van der Waals surface area (Å²) in [5, 5.41) is 9.48. The fourth-order valence-corrected chi connectivity index (χ4v) is 3.29. The van der Waals surface area contributed by atoms with Gasteiger partial charge < -0.3 is 19.3 Å². The Morgan fingerprint density at radius 1 is 1.00 bits per heavy atom. The van der Waals surface area contributed by atoms with Crippen molar-refractivity contribution in [2.24, 2.45) is 0 Å². The minimum atomic E-state index is -1.00. The number of rotatable bonds is 7. The van der Waals surface area contributed by atoms with Crippen LogP contribution in [0.15, 0.2) is 18.2 Å². The maximum atomic E-state index is 11.6. The monoisotopic (exact) mass is 358 g/mol. The number of hydrogen-bond donors (Lipinski definition) is 1. The summed E-state index contributed by atoms with van der Waals surface area (Å²) in [4.78, 5) is 11.6. The molecule has 0 spiro atoms. The molecule has 0 aliphatic heterocycles. The molecule has 0 fully saturated rings. The molecule has 0 aromatic heterocycles. The lowest BCUT2D eigenvalue weighted by molar-refractivity contribution is 0.0692. The molecule has 1 N–H and O–H groups in total. The maximum Gasteiger partial charge on any atom is 0.339 e. The van der Waals surface area contributed by atoms with Gasteiger partial charge in [0, 0.05) is 12.0 Å². The molecule has 0 amide bonds. The second-order valence-corrected chi connectivity index (χ2v) is 6.17. The zero-order chi connectivity index (χ0) is 19.4. The van der Waals surface area contributed by atoms with Gasteiger partial charge in [-0.15, -0.1) is 0 Å². The molecule has 0 unspecified atom stereocenters. The van der Waals surface area contributed by atoms with Crippen molar-refractivity contribution in [1.29, 1.82) is 0 Å². The first-order chi connectivity index (χ1) is 12.3. The molecule has 0 saturated carbocycles. The molecule has 140 valence electrons. The lowest BCUT2D eigenvalue weighted by Gasteiger charge is -2.21. The highest BCUT2D eigenvalue weighted by atomic mass is 16.5. The summed E-state index contributed by atoms with van der Waals surface area (Å²) in [6.45, 7) is 8.25. The molecular formula is C21H26O5. The highest BCUT2D eigenvalue weighted by molar-refractivity contribution is 5.91. The Morgan fingerprint density at radius 3 is 2.15 bits per heavy atom. The summed E-state index contributed by atoms with van der Waals surface area (Å²) < 4.78 is 16.6. The highest BCUT2D eigenvalue weighted by Crippen LogP contribution is 2.39. The summed E-state index contributed by atoms with van der Waals surface area (Å²) in [7, 11) is 3.31. The summed E-state index contributed by atoms with van der Waals surface area (Å²) in [6, 6.07) is 5.26. The zero-order valence-corrected chi connectivity index (χ0v) is 16.2. The van der Waals surface area contributed by atoms with Gasteiger partial charge in [-0.05, 0) is 62.1 Å². The predicted molar refractivity (Wildman–Crippen MR) is 101 cm³/mol. The van der Waals surface area contributed by atoms with Crippen molar-refractivity contribution in [1.82, 2.24) is 0 Å². The van der Waals surface area contributed by atoms with Crippen LogP contribution in [0.5, 0.6) is 17.2 Å². The number of methoxy groups -OCH3 is 2. The van der Waals surface area contributed by atoms with Crippen molar-refractivity contribution in [3.05, 3.63) is 51.6 Å². The first-order valence-electron chi connectivity index (χ1n) is 8.55. The minimum Gasteiger partial charge on any atom is -0.496 e. The third kappa shape index (κ3) is 3.62. The lowest BCUT2D eigenvalue weighted by atomic mass is 9.92. The van der Waals surface area contributed by atoms with Crippen molar-refractivity contribution in [3.63, 3.8) is 0 Å². The van der Waals surface area contributed by atoms with E-state index in [1.807, 2.05) is 33.8 Å². The smallest absolute Gasteiger partial charge is 0.339 e. The highest BCUT2D eigenvalue weighted by Gasteiger charge is 2.20. The zero-order valence-electron chi connectivity index (χ0n) is 16.2.